The fourth-order valence-electron chi connectivity index (χ4n) is 2.17. The summed E-state index contributed by atoms with van der Waals surface area (Å²) in [6.07, 6.45) is 4.04. The van der Waals surface area contributed by atoms with Crippen molar-refractivity contribution in [3.05, 3.63) is 29.8 Å². The number of anilines is 1. The fraction of sp³-hybridized carbons (Fsp3) is 0.571. The van der Waals surface area contributed by atoms with E-state index in [4.69, 9.17) is 0 Å². The molecule has 0 radical (unpaired) electrons. The third-order valence-corrected chi connectivity index (χ3v) is 3.32. The maximum atomic E-state index is 3.51. The summed E-state index contributed by atoms with van der Waals surface area (Å²) in [5, 5.41) is 2.35. The first-order valence-electron chi connectivity index (χ1n) is 6.50. The second-order valence-corrected chi connectivity index (χ2v) is 4.94. The summed E-state index contributed by atoms with van der Waals surface area (Å²) < 4.78 is 0. The van der Waals surface area contributed by atoms with Crippen molar-refractivity contribution in [3.8, 4) is 0 Å². The quantitative estimate of drug-likeness (QED) is 0.860. The van der Waals surface area contributed by atoms with E-state index in [9.17, 15) is 0 Å². The minimum atomic E-state index is 0.938. The van der Waals surface area contributed by atoms with E-state index in [0.29, 0.717) is 0 Å². The molecule has 0 amide bonds. The standard InChI is InChI=1S/C14H23N3/c1-16(2)14-8-6-13(7-9-14)12-15-17-10-4-3-5-11-17/h6-9,15H,3-5,10-12H2,1-2H3. The second kappa shape index (κ2) is 6.03. The van der Waals surface area contributed by atoms with Gasteiger partial charge in [-0.2, -0.15) is 0 Å². The van der Waals surface area contributed by atoms with E-state index in [1.54, 1.807) is 0 Å². The predicted molar refractivity (Wildman–Crippen MR) is 73.0 cm³/mol. The lowest BCUT2D eigenvalue weighted by Crippen LogP contribution is -2.41. The second-order valence-electron chi connectivity index (χ2n) is 4.94. The zero-order chi connectivity index (χ0) is 12.1. The van der Waals surface area contributed by atoms with Crippen molar-refractivity contribution in [2.75, 3.05) is 32.1 Å². The smallest absolute Gasteiger partial charge is 0.0361 e. The van der Waals surface area contributed by atoms with Crippen LogP contribution in [-0.4, -0.2) is 32.2 Å². The Kier molecular flexibility index (Phi) is 4.40. The highest BCUT2D eigenvalue weighted by molar-refractivity contribution is 5.45. The minimum Gasteiger partial charge on any atom is -0.378 e. The largest absolute Gasteiger partial charge is 0.378 e. The van der Waals surface area contributed by atoms with Crippen molar-refractivity contribution in [3.63, 3.8) is 0 Å². The van der Waals surface area contributed by atoms with Gasteiger partial charge in [0.05, 0.1) is 0 Å². The van der Waals surface area contributed by atoms with Crippen LogP contribution in [0.15, 0.2) is 24.3 Å². The van der Waals surface area contributed by atoms with Gasteiger partial charge in [-0.3, -0.25) is 5.43 Å². The average Bonchev–Trinajstić information content (AvgIpc) is 2.38. The Balaban J connectivity index is 1.82. The van der Waals surface area contributed by atoms with Gasteiger partial charge in [-0.15, -0.1) is 0 Å². The molecule has 0 saturated carbocycles. The number of hydrogen-bond donors (Lipinski definition) is 1. The van der Waals surface area contributed by atoms with Crippen molar-refractivity contribution in [1.29, 1.82) is 0 Å². The molecule has 1 heterocycles. The number of hydrazine groups is 1. The molecule has 0 aromatic heterocycles. The molecule has 1 aliphatic heterocycles. The van der Waals surface area contributed by atoms with Gasteiger partial charge in [-0.25, -0.2) is 5.01 Å². The van der Waals surface area contributed by atoms with Gasteiger partial charge in [-0.05, 0) is 30.5 Å². The molecular formula is C14H23N3. The summed E-state index contributed by atoms with van der Waals surface area (Å²) in [6.45, 7) is 3.32. The van der Waals surface area contributed by atoms with Crippen LogP contribution >= 0.6 is 0 Å². The number of hydrogen-bond acceptors (Lipinski definition) is 3. The molecule has 1 N–H and O–H groups in total. The SMILES string of the molecule is CN(C)c1ccc(CNN2CCCCC2)cc1. The van der Waals surface area contributed by atoms with Crippen molar-refractivity contribution in [2.24, 2.45) is 0 Å². The van der Waals surface area contributed by atoms with Crippen molar-refractivity contribution < 1.29 is 0 Å². The Bertz CT molecular complexity index is 326. The van der Waals surface area contributed by atoms with E-state index in [1.807, 2.05) is 0 Å². The zero-order valence-electron chi connectivity index (χ0n) is 10.9. The molecule has 1 saturated heterocycles. The fourth-order valence-corrected chi connectivity index (χ4v) is 2.17. The summed E-state index contributed by atoms with van der Waals surface area (Å²) in [5.74, 6) is 0. The van der Waals surface area contributed by atoms with Crippen LogP contribution in [0.4, 0.5) is 5.69 Å². The van der Waals surface area contributed by atoms with Crippen LogP contribution < -0.4 is 10.3 Å². The lowest BCUT2D eigenvalue weighted by atomic mass is 10.1. The Hall–Kier alpha value is -1.06. The number of nitrogens with zero attached hydrogens (tertiary/aromatic N) is 2. The van der Waals surface area contributed by atoms with Crippen molar-refractivity contribution in [1.82, 2.24) is 10.4 Å². The summed E-state index contributed by atoms with van der Waals surface area (Å²) in [5.41, 5.74) is 6.11. The molecule has 2 rings (SSSR count). The molecule has 0 atom stereocenters. The molecule has 3 heteroatoms. The van der Waals surface area contributed by atoms with Gasteiger partial charge in [0.1, 0.15) is 0 Å². The van der Waals surface area contributed by atoms with E-state index in [-0.39, 0.29) is 0 Å². The summed E-state index contributed by atoms with van der Waals surface area (Å²) in [7, 11) is 4.14. The summed E-state index contributed by atoms with van der Waals surface area (Å²) in [4.78, 5) is 2.13. The molecule has 1 aliphatic rings. The molecule has 0 bridgehead atoms. The monoisotopic (exact) mass is 233 g/mol. The molecule has 3 nitrogen and oxygen atoms in total. The highest BCUT2D eigenvalue weighted by Crippen LogP contribution is 2.12. The van der Waals surface area contributed by atoms with Crippen LogP contribution in [0.1, 0.15) is 24.8 Å². The molecule has 0 unspecified atom stereocenters. The average molecular weight is 233 g/mol. The number of piperidine rings is 1. The Morgan fingerprint density at radius 2 is 1.71 bits per heavy atom. The normalized spacial score (nSPS) is 17.1. The van der Waals surface area contributed by atoms with E-state index in [1.165, 1.54) is 43.6 Å². The Morgan fingerprint density at radius 1 is 1.06 bits per heavy atom. The van der Waals surface area contributed by atoms with Crippen molar-refractivity contribution in [2.45, 2.75) is 25.8 Å². The van der Waals surface area contributed by atoms with Gasteiger partial charge in [0.25, 0.3) is 0 Å². The number of nitrogens with one attached hydrogen (secondary N) is 1. The number of rotatable bonds is 4. The van der Waals surface area contributed by atoms with Gasteiger partial charge < -0.3 is 4.90 Å². The van der Waals surface area contributed by atoms with Gasteiger partial charge in [-0.1, -0.05) is 18.6 Å². The van der Waals surface area contributed by atoms with Gasteiger partial charge in [0.15, 0.2) is 0 Å². The van der Waals surface area contributed by atoms with Crippen LogP contribution in [0.2, 0.25) is 0 Å². The maximum absolute atomic E-state index is 3.51. The first-order valence-corrected chi connectivity index (χ1v) is 6.50. The molecular weight excluding hydrogens is 210 g/mol. The highest BCUT2D eigenvalue weighted by Gasteiger charge is 2.08. The molecule has 1 fully saturated rings. The molecule has 1 aromatic carbocycles. The molecule has 1 aromatic rings. The molecule has 94 valence electrons. The topological polar surface area (TPSA) is 18.5 Å². The first-order chi connectivity index (χ1) is 8.25. The van der Waals surface area contributed by atoms with Crippen LogP contribution in [0, 0.1) is 0 Å². The lowest BCUT2D eigenvalue weighted by Gasteiger charge is -2.27. The highest BCUT2D eigenvalue weighted by atomic mass is 15.5. The van der Waals surface area contributed by atoms with Crippen LogP contribution in [0.3, 0.4) is 0 Å². The van der Waals surface area contributed by atoms with E-state index in [2.05, 4.69) is 53.7 Å². The van der Waals surface area contributed by atoms with E-state index >= 15 is 0 Å². The van der Waals surface area contributed by atoms with E-state index in [0.717, 1.165) is 6.54 Å². The first kappa shape index (κ1) is 12.4. The number of benzene rings is 1. The van der Waals surface area contributed by atoms with Gasteiger partial charge in [0.2, 0.25) is 0 Å². The van der Waals surface area contributed by atoms with Crippen LogP contribution in [-0.2, 0) is 6.54 Å². The molecule has 0 aliphatic carbocycles. The Labute approximate surface area is 104 Å². The van der Waals surface area contributed by atoms with E-state index < -0.39 is 0 Å². The summed E-state index contributed by atoms with van der Waals surface area (Å²) >= 11 is 0. The van der Waals surface area contributed by atoms with Gasteiger partial charge in [0, 0.05) is 39.4 Å². The summed E-state index contributed by atoms with van der Waals surface area (Å²) in [6, 6.07) is 8.75. The minimum absolute atomic E-state index is 0.938. The third-order valence-electron chi connectivity index (χ3n) is 3.32. The van der Waals surface area contributed by atoms with Crippen molar-refractivity contribution >= 4 is 5.69 Å². The van der Waals surface area contributed by atoms with Crippen LogP contribution in [0.5, 0.6) is 0 Å². The lowest BCUT2D eigenvalue weighted by molar-refractivity contribution is 0.151. The van der Waals surface area contributed by atoms with Crippen LogP contribution in [0.25, 0.3) is 0 Å². The predicted octanol–water partition coefficient (Wildman–Crippen LogP) is 2.24. The third kappa shape index (κ3) is 3.72. The Morgan fingerprint density at radius 3 is 2.29 bits per heavy atom. The molecule has 0 spiro atoms. The zero-order valence-corrected chi connectivity index (χ0v) is 10.9. The maximum Gasteiger partial charge on any atom is 0.0361 e. The molecule has 17 heavy (non-hydrogen) atoms. The van der Waals surface area contributed by atoms with Gasteiger partial charge >= 0.3 is 0 Å².